The van der Waals surface area contributed by atoms with Gasteiger partial charge in [0.1, 0.15) is 24.3 Å². The van der Waals surface area contributed by atoms with Crippen molar-refractivity contribution in [2.45, 2.75) is 38.5 Å². The van der Waals surface area contributed by atoms with Crippen molar-refractivity contribution >= 4 is 0 Å². The highest BCUT2D eigenvalue weighted by atomic mass is 19.1. The number of halogens is 1. The summed E-state index contributed by atoms with van der Waals surface area (Å²) in [6, 6.07) is 14.3. The minimum absolute atomic E-state index is 0.190. The molecule has 27 heavy (non-hydrogen) atoms. The van der Waals surface area contributed by atoms with Crippen molar-refractivity contribution in [3.05, 3.63) is 65.5 Å². The molecule has 0 radical (unpaired) electrons. The summed E-state index contributed by atoms with van der Waals surface area (Å²) in [5.41, 5.74) is 2.06. The molecule has 0 aromatic heterocycles. The van der Waals surface area contributed by atoms with Crippen molar-refractivity contribution in [2.24, 2.45) is 0 Å². The molecule has 1 aliphatic heterocycles. The molecule has 2 atom stereocenters. The molecule has 1 N–H and O–H groups in total. The van der Waals surface area contributed by atoms with E-state index in [2.05, 4.69) is 4.90 Å². The number of aliphatic hydroxyl groups is 1. The maximum Gasteiger partial charge on any atom is 0.123 e. The fourth-order valence-corrected chi connectivity index (χ4v) is 3.38. The molecule has 4 nitrogen and oxygen atoms in total. The van der Waals surface area contributed by atoms with Crippen molar-refractivity contribution in [1.29, 1.82) is 0 Å². The molecule has 146 valence electrons. The highest BCUT2D eigenvalue weighted by Gasteiger charge is 2.21. The van der Waals surface area contributed by atoms with E-state index in [1.165, 1.54) is 12.1 Å². The quantitative estimate of drug-likeness (QED) is 0.730. The number of nitrogens with zero attached hydrogens (tertiary/aromatic N) is 1. The molecule has 0 spiro atoms. The van der Waals surface area contributed by atoms with Crippen molar-refractivity contribution < 1.29 is 19.0 Å². The molecule has 5 heteroatoms. The minimum Gasteiger partial charge on any atom is -0.491 e. The van der Waals surface area contributed by atoms with Crippen LogP contribution in [0.3, 0.4) is 0 Å². The molecular weight excluding hydrogens is 345 g/mol. The second-order valence-corrected chi connectivity index (χ2v) is 7.19. The standard InChI is InChI=1S/C22H28FNO3/c1-17-5-2-3-7-22(17)27-16-20(25)14-24(15-21-6-4-12-26-21)13-18-8-10-19(23)11-9-18/h2-3,5,7-11,20-21,25H,4,6,12-16H2,1H3/t20-,21+/m0/s1. The lowest BCUT2D eigenvalue weighted by Crippen LogP contribution is -2.39. The predicted octanol–water partition coefficient (Wildman–Crippen LogP) is 3.56. The third-order valence-corrected chi connectivity index (χ3v) is 4.80. The van der Waals surface area contributed by atoms with Crippen molar-refractivity contribution in [3.8, 4) is 5.75 Å². The van der Waals surface area contributed by atoms with Crippen LogP contribution in [0.25, 0.3) is 0 Å². The molecule has 1 aliphatic rings. The smallest absolute Gasteiger partial charge is 0.123 e. The minimum atomic E-state index is -0.619. The first-order chi connectivity index (χ1) is 13.1. The Labute approximate surface area is 160 Å². The Hall–Kier alpha value is -1.95. The monoisotopic (exact) mass is 373 g/mol. The van der Waals surface area contributed by atoms with E-state index < -0.39 is 6.10 Å². The number of rotatable bonds is 9. The predicted molar refractivity (Wildman–Crippen MR) is 103 cm³/mol. The second-order valence-electron chi connectivity index (χ2n) is 7.19. The zero-order valence-corrected chi connectivity index (χ0v) is 15.8. The molecule has 1 fully saturated rings. The SMILES string of the molecule is Cc1ccccc1OC[C@@H](O)CN(Cc1ccc(F)cc1)C[C@H]1CCCO1. The second kappa shape index (κ2) is 9.83. The lowest BCUT2D eigenvalue weighted by atomic mass is 10.1. The molecule has 1 saturated heterocycles. The molecule has 2 aromatic rings. The Morgan fingerprint density at radius 2 is 2.00 bits per heavy atom. The molecule has 3 rings (SSSR count). The summed E-state index contributed by atoms with van der Waals surface area (Å²) < 4.78 is 24.7. The van der Waals surface area contributed by atoms with E-state index in [1.54, 1.807) is 12.1 Å². The van der Waals surface area contributed by atoms with Gasteiger partial charge in [0, 0.05) is 26.2 Å². The van der Waals surface area contributed by atoms with E-state index >= 15 is 0 Å². The number of ether oxygens (including phenoxy) is 2. The van der Waals surface area contributed by atoms with Gasteiger partial charge in [-0.3, -0.25) is 4.90 Å². The summed E-state index contributed by atoms with van der Waals surface area (Å²) in [6.07, 6.45) is 1.69. The molecule has 2 aromatic carbocycles. The van der Waals surface area contributed by atoms with E-state index in [0.717, 1.165) is 42.9 Å². The van der Waals surface area contributed by atoms with Gasteiger partial charge in [-0.05, 0) is 49.1 Å². The molecule has 0 bridgehead atoms. The van der Waals surface area contributed by atoms with Gasteiger partial charge in [-0.2, -0.15) is 0 Å². The van der Waals surface area contributed by atoms with Gasteiger partial charge in [-0.25, -0.2) is 4.39 Å². The summed E-state index contributed by atoms with van der Waals surface area (Å²) >= 11 is 0. The molecule has 0 aliphatic carbocycles. The normalized spacial score (nSPS) is 18.0. The van der Waals surface area contributed by atoms with Crippen LogP contribution in [-0.2, 0) is 11.3 Å². The largest absolute Gasteiger partial charge is 0.491 e. The van der Waals surface area contributed by atoms with Gasteiger partial charge in [0.15, 0.2) is 0 Å². The van der Waals surface area contributed by atoms with Crippen LogP contribution in [0.1, 0.15) is 24.0 Å². The molecule has 1 heterocycles. The highest BCUT2D eigenvalue weighted by molar-refractivity contribution is 5.31. The summed E-state index contributed by atoms with van der Waals surface area (Å²) in [7, 11) is 0. The number of para-hydroxylation sites is 1. The molecule has 0 amide bonds. The summed E-state index contributed by atoms with van der Waals surface area (Å²) in [5.74, 6) is 0.553. The van der Waals surface area contributed by atoms with Gasteiger partial charge >= 0.3 is 0 Å². The molecule has 0 unspecified atom stereocenters. The van der Waals surface area contributed by atoms with E-state index in [1.807, 2.05) is 31.2 Å². The van der Waals surface area contributed by atoms with Crippen LogP contribution in [0.2, 0.25) is 0 Å². The van der Waals surface area contributed by atoms with Gasteiger partial charge < -0.3 is 14.6 Å². The number of hydrogen-bond donors (Lipinski definition) is 1. The fourth-order valence-electron chi connectivity index (χ4n) is 3.38. The maximum absolute atomic E-state index is 13.2. The number of aryl methyl sites for hydroxylation is 1. The zero-order valence-electron chi connectivity index (χ0n) is 15.8. The Morgan fingerprint density at radius 3 is 2.70 bits per heavy atom. The number of benzene rings is 2. The van der Waals surface area contributed by atoms with E-state index in [0.29, 0.717) is 13.1 Å². The Kier molecular flexibility index (Phi) is 7.21. The highest BCUT2D eigenvalue weighted by Crippen LogP contribution is 2.18. The Balaban J connectivity index is 1.57. The number of hydrogen-bond acceptors (Lipinski definition) is 4. The fraction of sp³-hybridized carbons (Fsp3) is 0.455. The van der Waals surface area contributed by atoms with Crippen LogP contribution < -0.4 is 4.74 Å². The van der Waals surface area contributed by atoms with Gasteiger partial charge in [-0.15, -0.1) is 0 Å². The van der Waals surface area contributed by atoms with Crippen molar-refractivity contribution in [1.82, 2.24) is 4.90 Å². The zero-order chi connectivity index (χ0) is 19.1. The summed E-state index contributed by atoms with van der Waals surface area (Å²) in [6.45, 7) is 4.88. The first-order valence-corrected chi connectivity index (χ1v) is 9.55. The third-order valence-electron chi connectivity index (χ3n) is 4.80. The number of aliphatic hydroxyl groups excluding tert-OH is 1. The molecule has 0 saturated carbocycles. The van der Waals surface area contributed by atoms with Gasteiger partial charge in [0.2, 0.25) is 0 Å². The topological polar surface area (TPSA) is 41.9 Å². The lowest BCUT2D eigenvalue weighted by molar-refractivity contribution is 0.0312. The van der Waals surface area contributed by atoms with E-state index in [9.17, 15) is 9.50 Å². The first-order valence-electron chi connectivity index (χ1n) is 9.55. The summed E-state index contributed by atoms with van der Waals surface area (Å²) in [4.78, 5) is 2.16. The maximum atomic E-state index is 13.2. The first kappa shape index (κ1) is 19.8. The Morgan fingerprint density at radius 1 is 1.22 bits per heavy atom. The van der Waals surface area contributed by atoms with Crippen molar-refractivity contribution in [3.63, 3.8) is 0 Å². The van der Waals surface area contributed by atoms with Crippen molar-refractivity contribution in [2.75, 3.05) is 26.3 Å². The summed E-state index contributed by atoms with van der Waals surface area (Å²) in [5, 5.41) is 10.5. The van der Waals surface area contributed by atoms with Gasteiger partial charge in [0.05, 0.1) is 6.10 Å². The van der Waals surface area contributed by atoms with E-state index in [-0.39, 0.29) is 18.5 Å². The Bertz CT molecular complexity index is 701. The van der Waals surface area contributed by atoms with Gasteiger partial charge in [-0.1, -0.05) is 30.3 Å². The van der Waals surface area contributed by atoms with Crippen LogP contribution in [0.4, 0.5) is 4.39 Å². The van der Waals surface area contributed by atoms with E-state index in [4.69, 9.17) is 9.47 Å². The van der Waals surface area contributed by atoms with Crippen LogP contribution >= 0.6 is 0 Å². The average Bonchev–Trinajstić information content (AvgIpc) is 3.16. The van der Waals surface area contributed by atoms with Crippen LogP contribution in [0.5, 0.6) is 5.75 Å². The lowest BCUT2D eigenvalue weighted by Gasteiger charge is -2.27. The van der Waals surface area contributed by atoms with Crippen LogP contribution in [0, 0.1) is 12.7 Å². The van der Waals surface area contributed by atoms with Gasteiger partial charge in [0.25, 0.3) is 0 Å². The van der Waals surface area contributed by atoms with Crippen LogP contribution in [0.15, 0.2) is 48.5 Å². The van der Waals surface area contributed by atoms with Crippen LogP contribution in [-0.4, -0.2) is 48.5 Å². The average molecular weight is 373 g/mol. The third kappa shape index (κ3) is 6.31. The molecular formula is C22H28FNO3.